The molecule has 34 heavy (non-hydrogen) atoms. The number of hydrogen-bond donors (Lipinski definition) is 1. The molecule has 0 amide bonds. The molecule has 1 fully saturated rings. The molecule has 7 heteroatoms. The first-order valence-corrected chi connectivity index (χ1v) is 13.6. The predicted molar refractivity (Wildman–Crippen MR) is 144 cm³/mol. The summed E-state index contributed by atoms with van der Waals surface area (Å²) in [5.41, 5.74) is 2.05. The van der Waals surface area contributed by atoms with Crippen LogP contribution in [0.2, 0.25) is 10.0 Å². The zero-order valence-electron chi connectivity index (χ0n) is 19.6. The summed E-state index contributed by atoms with van der Waals surface area (Å²) in [6.45, 7) is 3.34. The van der Waals surface area contributed by atoms with Crippen molar-refractivity contribution < 1.29 is 9.84 Å². The molecule has 0 bridgehead atoms. The van der Waals surface area contributed by atoms with E-state index >= 15 is 0 Å². The molecule has 1 aliphatic heterocycles. The van der Waals surface area contributed by atoms with Crippen LogP contribution in [0.3, 0.4) is 0 Å². The lowest BCUT2D eigenvalue weighted by Gasteiger charge is -2.41. The predicted octanol–water partition coefficient (Wildman–Crippen LogP) is 6.74. The lowest BCUT2D eigenvalue weighted by Crippen LogP contribution is -2.42. The lowest BCUT2D eigenvalue weighted by atomic mass is 9.75. The molecular weight excluding hydrogens is 487 g/mol. The summed E-state index contributed by atoms with van der Waals surface area (Å²) < 4.78 is 5.40. The Hall–Kier alpha value is -1.50. The molecule has 0 aliphatic carbocycles. The second-order valence-electron chi connectivity index (χ2n) is 9.10. The van der Waals surface area contributed by atoms with Crippen molar-refractivity contribution in [2.75, 3.05) is 39.1 Å². The van der Waals surface area contributed by atoms with Crippen LogP contribution in [0.25, 0.3) is 10.9 Å². The smallest absolute Gasteiger partial charge is 0.119 e. The Morgan fingerprint density at radius 3 is 2.65 bits per heavy atom. The number of methoxy groups -OCH3 is 1. The van der Waals surface area contributed by atoms with Gasteiger partial charge in [-0.2, -0.15) is 0 Å². The number of aryl methyl sites for hydroxylation is 1. The first-order valence-electron chi connectivity index (χ1n) is 11.9. The normalized spacial score (nSPS) is 16.1. The Bertz CT molecular complexity index is 1100. The highest BCUT2D eigenvalue weighted by Crippen LogP contribution is 2.37. The largest absolute Gasteiger partial charge is 0.497 e. The zero-order valence-corrected chi connectivity index (χ0v) is 21.9. The monoisotopic (exact) mass is 518 g/mol. The number of aromatic nitrogens is 1. The molecule has 0 radical (unpaired) electrons. The number of aliphatic hydroxyl groups excluding tert-OH is 1. The van der Waals surface area contributed by atoms with Gasteiger partial charge in [0, 0.05) is 35.4 Å². The highest BCUT2D eigenvalue weighted by Gasteiger charge is 2.33. The van der Waals surface area contributed by atoms with Gasteiger partial charge in [0.25, 0.3) is 0 Å². The third-order valence-corrected chi connectivity index (χ3v) is 8.84. The zero-order chi connectivity index (χ0) is 24.0. The van der Waals surface area contributed by atoms with Gasteiger partial charge in [0.2, 0.25) is 0 Å². The van der Waals surface area contributed by atoms with E-state index in [1.54, 1.807) is 13.3 Å². The van der Waals surface area contributed by atoms with Gasteiger partial charge in [0.1, 0.15) is 5.75 Å². The summed E-state index contributed by atoms with van der Waals surface area (Å²) in [4.78, 5) is 8.11. The summed E-state index contributed by atoms with van der Waals surface area (Å²) >= 11 is 14.6. The van der Waals surface area contributed by atoms with Gasteiger partial charge in [0.15, 0.2) is 0 Å². The average Bonchev–Trinajstić information content (AvgIpc) is 2.87. The molecule has 0 saturated carbocycles. The van der Waals surface area contributed by atoms with Gasteiger partial charge in [-0.1, -0.05) is 35.3 Å². The Morgan fingerprint density at radius 1 is 1.12 bits per heavy atom. The summed E-state index contributed by atoms with van der Waals surface area (Å²) in [7, 11) is 1.67. The van der Waals surface area contributed by atoms with Crippen LogP contribution in [0.1, 0.15) is 31.2 Å². The van der Waals surface area contributed by atoms with E-state index in [1.165, 1.54) is 0 Å². The SMILES string of the molecule is COc1ccc2ncc(Cl)c(CCCC3(CO)CCN(CCSc4ccccc4Cl)CC3)c2c1. The van der Waals surface area contributed by atoms with Crippen LogP contribution in [0, 0.1) is 5.41 Å². The Balaban J connectivity index is 1.29. The summed E-state index contributed by atoms with van der Waals surface area (Å²) in [6.07, 6.45) is 6.64. The van der Waals surface area contributed by atoms with Gasteiger partial charge in [-0.3, -0.25) is 4.98 Å². The van der Waals surface area contributed by atoms with Crippen LogP contribution in [-0.4, -0.2) is 54.1 Å². The maximum atomic E-state index is 10.3. The quantitative estimate of drug-likeness (QED) is 0.301. The molecule has 4 nitrogen and oxygen atoms in total. The van der Waals surface area contributed by atoms with Crippen LogP contribution in [0.4, 0.5) is 0 Å². The number of pyridine rings is 1. The number of benzene rings is 2. The van der Waals surface area contributed by atoms with Crippen LogP contribution >= 0.6 is 35.0 Å². The van der Waals surface area contributed by atoms with E-state index in [4.69, 9.17) is 27.9 Å². The maximum Gasteiger partial charge on any atom is 0.119 e. The summed E-state index contributed by atoms with van der Waals surface area (Å²) in [5, 5.41) is 12.9. The van der Waals surface area contributed by atoms with Crippen LogP contribution < -0.4 is 4.74 Å². The number of nitrogens with zero attached hydrogens (tertiary/aromatic N) is 2. The fraction of sp³-hybridized carbons (Fsp3) is 0.444. The molecule has 2 heterocycles. The summed E-state index contributed by atoms with van der Waals surface area (Å²) in [5.74, 6) is 1.83. The van der Waals surface area contributed by atoms with E-state index in [0.717, 1.165) is 89.6 Å². The molecule has 2 aromatic carbocycles. The van der Waals surface area contributed by atoms with Gasteiger partial charge in [-0.15, -0.1) is 11.8 Å². The number of hydrogen-bond acceptors (Lipinski definition) is 5. The van der Waals surface area contributed by atoms with Crippen molar-refractivity contribution >= 4 is 45.9 Å². The van der Waals surface area contributed by atoms with Crippen molar-refractivity contribution in [3.8, 4) is 5.75 Å². The number of rotatable bonds is 10. The van der Waals surface area contributed by atoms with E-state index in [9.17, 15) is 5.11 Å². The van der Waals surface area contributed by atoms with E-state index < -0.39 is 0 Å². The standard InChI is InChI=1S/C27H32Cl2N2O2S/c1-33-20-8-9-25-22(17-20)21(24(29)18-30-25)5-4-10-27(19-32)11-13-31(14-12-27)15-16-34-26-7-3-2-6-23(26)28/h2-3,6-9,17-18,32H,4-5,10-16,19H2,1H3. The Morgan fingerprint density at radius 2 is 1.91 bits per heavy atom. The minimum absolute atomic E-state index is 0.000614. The van der Waals surface area contributed by atoms with E-state index in [-0.39, 0.29) is 12.0 Å². The molecular formula is C27H32Cl2N2O2S. The number of likely N-dealkylation sites (tertiary alicyclic amines) is 1. The number of fused-ring (bicyclic) bond motifs is 1. The fourth-order valence-electron chi connectivity index (χ4n) is 4.81. The molecule has 1 N–H and O–H groups in total. The first kappa shape index (κ1) is 25.6. The van der Waals surface area contributed by atoms with Gasteiger partial charge < -0.3 is 14.7 Å². The van der Waals surface area contributed by atoms with Crippen molar-refractivity contribution in [3.63, 3.8) is 0 Å². The molecule has 1 aliphatic rings. The van der Waals surface area contributed by atoms with Gasteiger partial charge >= 0.3 is 0 Å². The van der Waals surface area contributed by atoms with Crippen LogP contribution in [-0.2, 0) is 6.42 Å². The van der Waals surface area contributed by atoms with E-state index in [2.05, 4.69) is 16.0 Å². The number of thioether (sulfide) groups is 1. The second kappa shape index (κ2) is 12.0. The summed E-state index contributed by atoms with van der Waals surface area (Å²) in [6, 6.07) is 13.9. The molecule has 3 aromatic rings. The maximum absolute atomic E-state index is 10.3. The number of piperidine rings is 1. The van der Waals surface area contributed by atoms with E-state index in [0.29, 0.717) is 5.02 Å². The third kappa shape index (κ3) is 6.19. The van der Waals surface area contributed by atoms with Crippen LogP contribution in [0.15, 0.2) is 53.6 Å². The van der Waals surface area contributed by atoms with Crippen molar-refractivity contribution in [3.05, 3.63) is 64.3 Å². The van der Waals surface area contributed by atoms with Crippen LogP contribution in [0.5, 0.6) is 5.75 Å². The molecule has 1 saturated heterocycles. The molecule has 0 unspecified atom stereocenters. The van der Waals surface area contributed by atoms with Crippen molar-refractivity contribution in [2.45, 2.75) is 37.0 Å². The second-order valence-corrected chi connectivity index (χ2v) is 11.1. The molecule has 4 rings (SSSR count). The molecule has 182 valence electrons. The third-order valence-electron chi connectivity index (χ3n) is 7.02. The first-order chi connectivity index (χ1) is 16.5. The lowest BCUT2D eigenvalue weighted by molar-refractivity contribution is 0.0378. The minimum Gasteiger partial charge on any atom is -0.497 e. The van der Waals surface area contributed by atoms with Crippen molar-refractivity contribution in [2.24, 2.45) is 5.41 Å². The number of halogens is 2. The van der Waals surface area contributed by atoms with Gasteiger partial charge in [-0.05, 0) is 86.5 Å². The van der Waals surface area contributed by atoms with Crippen molar-refractivity contribution in [1.29, 1.82) is 0 Å². The molecule has 1 aromatic heterocycles. The highest BCUT2D eigenvalue weighted by atomic mass is 35.5. The molecule has 0 atom stereocenters. The topological polar surface area (TPSA) is 45.6 Å². The average molecular weight is 520 g/mol. The van der Waals surface area contributed by atoms with Gasteiger partial charge in [0.05, 0.1) is 22.7 Å². The Labute approximate surface area is 216 Å². The van der Waals surface area contributed by atoms with Gasteiger partial charge in [-0.25, -0.2) is 0 Å². The fourth-order valence-corrected chi connectivity index (χ4v) is 6.30. The van der Waals surface area contributed by atoms with Crippen molar-refractivity contribution in [1.82, 2.24) is 9.88 Å². The van der Waals surface area contributed by atoms with E-state index in [1.807, 2.05) is 48.2 Å². The minimum atomic E-state index is -0.000614. The molecule has 0 spiro atoms. The highest BCUT2D eigenvalue weighted by molar-refractivity contribution is 7.99. The Kier molecular flexibility index (Phi) is 9.00. The number of aliphatic hydroxyl groups is 1. The number of ether oxygens (including phenoxy) is 1.